The fourth-order valence-electron chi connectivity index (χ4n) is 1.21. The first kappa shape index (κ1) is 8.94. The third-order valence-corrected chi connectivity index (χ3v) is 7.55. The lowest BCUT2D eigenvalue weighted by Gasteiger charge is -2.42. The average molecular weight is 172 g/mol. The first-order valence-corrected chi connectivity index (χ1v) is 7.21. The molecule has 3 heteroatoms. The minimum Gasteiger partial charge on any atom is -0.371 e. The lowest BCUT2D eigenvalue weighted by Crippen LogP contribution is -2.57. The molecule has 0 aromatic heterocycles. The van der Waals surface area contributed by atoms with Gasteiger partial charge in [-0.15, -0.1) is 0 Å². The quantitative estimate of drug-likeness (QED) is 0.519. The Morgan fingerprint density at radius 1 is 1.45 bits per heavy atom. The van der Waals surface area contributed by atoms with Gasteiger partial charge in [-0.25, -0.2) is 0 Å². The highest BCUT2D eigenvalue weighted by molar-refractivity contribution is 6.82. The molecule has 0 aromatic carbocycles. The number of hydrogen-bond acceptors (Lipinski definition) is 2. The summed E-state index contributed by atoms with van der Waals surface area (Å²) in [4.78, 5) is 11.1. The summed E-state index contributed by atoms with van der Waals surface area (Å²) < 4.78 is 5.51. The van der Waals surface area contributed by atoms with Gasteiger partial charge in [-0.3, -0.25) is 4.79 Å². The number of carbonyl (C=O) groups excluding carboxylic acids is 1. The Morgan fingerprint density at radius 3 is 2.36 bits per heavy atom. The normalized spacial score (nSPS) is 28.5. The zero-order valence-electron chi connectivity index (χ0n) is 7.73. The van der Waals surface area contributed by atoms with Crippen molar-refractivity contribution >= 4 is 13.9 Å². The summed E-state index contributed by atoms with van der Waals surface area (Å²) in [7, 11) is -1.45. The number of Topliss-reactive ketones (excluding diaryl/α,β-unsaturated/α-hetero) is 1. The van der Waals surface area contributed by atoms with Crippen molar-refractivity contribution in [3.63, 3.8) is 0 Å². The van der Waals surface area contributed by atoms with E-state index in [0.29, 0.717) is 6.61 Å². The molecule has 11 heavy (non-hydrogen) atoms. The van der Waals surface area contributed by atoms with Crippen LogP contribution in [0.5, 0.6) is 0 Å². The molecule has 0 atom stereocenters. The molecule has 1 heterocycles. The van der Waals surface area contributed by atoms with E-state index in [1.807, 2.05) is 0 Å². The van der Waals surface area contributed by atoms with Crippen LogP contribution in [-0.4, -0.2) is 25.7 Å². The van der Waals surface area contributed by atoms with Crippen molar-refractivity contribution in [2.75, 3.05) is 6.61 Å². The molecule has 0 bridgehead atoms. The lowest BCUT2D eigenvalue weighted by molar-refractivity contribution is -0.126. The third-order valence-electron chi connectivity index (χ3n) is 2.86. The second kappa shape index (κ2) is 2.42. The number of ether oxygens (including phenoxy) is 1. The van der Waals surface area contributed by atoms with Crippen LogP contribution in [0.15, 0.2) is 0 Å². The number of hydrogen-bond donors (Lipinski definition) is 0. The van der Waals surface area contributed by atoms with Gasteiger partial charge in [0.25, 0.3) is 0 Å². The van der Waals surface area contributed by atoms with Gasteiger partial charge in [0, 0.05) is 6.04 Å². The second-order valence-electron chi connectivity index (χ2n) is 4.40. The Kier molecular flexibility index (Phi) is 1.97. The van der Waals surface area contributed by atoms with Crippen LogP contribution in [0.25, 0.3) is 0 Å². The summed E-state index contributed by atoms with van der Waals surface area (Å²) >= 11 is 0. The van der Waals surface area contributed by atoms with E-state index in [9.17, 15) is 4.79 Å². The Balaban J connectivity index is 2.80. The fourth-order valence-corrected chi connectivity index (χ4v) is 3.19. The van der Waals surface area contributed by atoms with Crippen molar-refractivity contribution in [2.24, 2.45) is 0 Å². The van der Waals surface area contributed by atoms with E-state index in [4.69, 9.17) is 4.74 Å². The van der Waals surface area contributed by atoms with Gasteiger partial charge in [0.1, 0.15) is 6.61 Å². The molecule has 1 aliphatic heterocycles. The van der Waals surface area contributed by atoms with Crippen LogP contribution >= 0.6 is 0 Å². The maximum atomic E-state index is 11.1. The highest BCUT2D eigenvalue weighted by Gasteiger charge is 2.45. The summed E-state index contributed by atoms with van der Waals surface area (Å²) in [5.74, 6) is 0.279. The van der Waals surface area contributed by atoms with Crippen molar-refractivity contribution in [3.05, 3.63) is 0 Å². The SMILES string of the molecule is CC1(C)OCC(=O)C[Si]1(C)C. The largest absolute Gasteiger partial charge is 0.371 e. The predicted octanol–water partition coefficient (Wildman–Crippen LogP) is 1.61. The summed E-state index contributed by atoms with van der Waals surface area (Å²) in [6, 6.07) is 0.778. The molecule has 1 rings (SSSR count). The molecule has 0 N–H and O–H groups in total. The van der Waals surface area contributed by atoms with Crippen LogP contribution in [0, 0.1) is 0 Å². The van der Waals surface area contributed by atoms with Gasteiger partial charge in [0.15, 0.2) is 5.78 Å². The van der Waals surface area contributed by atoms with E-state index in [0.717, 1.165) is 6.04 Å². The summed E-state index contributed by atoms with van der Waals surface area (Å²) in [6.45, 7) is 8.95. The first-order valence-electron chi connectivity index (χ1n) is 4.01. The standard InChI is InChI=1S/C8H16O2Si/c1-8(2)10-5-7(9)6-11(8,3)4/h5-6H2,1-4H3. The van der Waals surface area contributed by atoms with E-state index >= 15 is 0 Å². The van der Waals surface area contributed by atoms with E-state index in [2.05, 4.69) is 26.9 Å². The van der Waals surface area contributed by atoms with Crippen LogP contribution in [0.2, 0.25) is 19.1 Å². The summed E-state index contributed by atoms with van der Waals surface area (Å²) in [5.41, 5.74) is 0. The zero-order chi connectivity index (χ0) is 8.70. The second-order valence-corrected chi connectivity index (χ2v) is 9.72. The molecule has 64 valence electrons. The van der Waals surface area contributed by atoms with Gasteiger partial charge in [-0.05, 0) is 13.8 Å². The van der Waals surface area contributed by atoms with Crippen molar-refractivity contribution in [1.82, 2.24) is 0 Å². The van der Waals surface area contributed by atoms with Crippen molar-refractivity contribution in [3.8, 4) is 0 Å². The van der Waals surface area contributed by atoms with E-state index in [1.165, 1.54) is 0 Å². The highest BCUT2D eigenvalue weighted by Crippen LogP contribution is 2.31. The molecular formula is C8H16O2Si. The maximum absolute atomic E-state index is 11.1. The van der Waals surface area contributed by atoms with E-state index in [1.54, 1.807) is 0 Å². The molecule has 0 amide bonds. The van der Waals surface area contributed by atoms with Crippen molar-refractivity contribution in [2.45, 2.75) is 38.2 Å². The zero-order valence-corrected chi connectivity index (χ0v) is 8.73. The highest BCUT2D eigenvalue weighted by atomic mass is 28.3. The van der Waals surface area contributed by atoms with Crippen LogP contribution < -0.4 is 0 Å². The minimum absolute atomic E-state index is 0.0269. The molecule has 0 unspecified atom stereocenters. The molecule has 1 saturated heterocycles. The van der Waals surface area contributed by atoms with Gasteiger partial charge < -0.3 is 4.74 Å². The molecule has 2 nitrogen and oxygen atoms in total. The maximum Gasteiger partial charge on any atom is 0.155 e. The van der Waals surface area contributed by atoms with Crippen LogP contribution in [-0.2, 0) is 9.53 Å². The summed E-state index contributed by atoms with van der Waals surface area (Å²) in [6.07, 6.45) is 0. The topological polar surface area (TPSA) is 26.3 Å². The Hall–Kier alpha value is -0.153. The smallest absolute Gasteiger partial charge is 0.155 e. The number of carbonyl (C=O) groups is 1. The lowest BCUT2D eigenvalue weighted by atomic mass is 10.4. The van der Waals surface area contributed by atoms with Gasteiger partial charge in [0.05, 0.1) is 13.3 Å². The number of ketones is 1. The Bertz CT molecular complexity index is 185. The third kappa shape index (κ3) is 1.54. The molecule has 0 spiro atoms. The van der Waals surface area contributed by atoms with Gasteiger partial charge >= 0.3 is 0 Å². The van der Waals surface area contributed by atoms with Crippen LogP contribution in [0.3, 0.4) is 0 Å². The van der Waals surface area contributed by atoms with Crippen molar-refractivity contribution < 1.29 is 9.53 Å². The van der Waals surface area contributed by atoms with E-state index < -0.39 is 8.07 Å². The van der Waals surface area contributed by atoms with E-state index in [-0.39, 0.29) is 11.0 Å². The number of rotatable bonds is 0. The van der Waals surface area contributed by atoms with Crippen LogP contribution in [0.4, 0.5) is 0 Å². The molecule has 1 fully saturated rings. The average Bonchev–Trinajstić information content (AvgIpc) is 1.80. The van der Waals surface area contributed by atoms with Gasteiger partial charge in [-0.1, -0.05) is 13.1 Å². The van der Waals surface area contributed by atoms with Gasteiger partial charge in [0.2, 0.25) is 0 Å². The Morgan fingerprint density at radius 2 is 2.00 bits per heavy atom. The molecular weight excluding hydrogens is 156 g/mol. The predicted molar refractivity (Wildman–Crippen MR) is 47.3 cm³/mol. The molecule has 0 aromatic rings. The van der Waals surface area contributed by atoms with Gasteiger partial charge in [-0.2, -0.15) is 0 Å². The fraction of sp³-hybridized carbons (Fsp3) is 0.875. The van der Waals surface area contributed by atoms with Crippen molar-refractivity contribution in [1.29, 1.82) is 0 Å². The monoisotopic (exact) mass is 172 g/mol. The minimum atomic E-state index is -1.45. The summed E-state index contributed by atoms with van der Waals surface area (Å²) in [5, 5.41) is -0.0269. The first-order chi connectivity index (χ1) is 4.85. The molecule has 1 aliphatic rings. The molecule has 0 saturated carbocycles. The molecule has 0 aliphatic carbocycles. The molecule has 0 radical (unpaired) electrons. The van der Waals surface area contributed by atoms with Crippen LogP contribution in [0.1, 0.15) is 13.8 Å². The Labute approximate surface area is 68.9 Å².